The maximum atomic E-state index is 12.4. The number of carbonyl (C=O) groups is 1. The fraction of sp³-hybridized carbons (Fsp3) is 0.333. The molecule has 0 atom stereocenters. The average molecular weight is 488 g/mol. The monoisotopic (exact) mass is 487 g/mol. The van der Waals surface area contributed by atoms with Crippen LogP contribution in [-0.4, -0.2) is 45.8 Å². The lowest BCUT2D eigenvalue weighted by atomic mass is 9.95. The highest BCUT2D eigenvalue weighted by Crippen LogP contribution is 2.43. The number of methoxy groups -OCH3 is 1. The molecule has 1 aromatic carbocycles. The quantitative estimate of drug-likeness (QED) is 0.356. The molecule has 0 aliphatic heterocycles. The molecule has 4 aromatic rings. The van der Waals surface area contributed by atoms with Crippen molar-refractivity contribution in [1.29, 1.82) is 0 Å². The van der Waals surface area contributed by atoms with Gasteiger partial charge >= 0.3 is 0 Å². The number of carbonyl (C=O) groups excluding carboxylic acids is 1. The van der Waals surface area contributed by atoms with Gasteiger partial charge in [-0.05, 0) is 50.5 Å². The first-order chi connectivity index (χ1) is 17.1. The van der Waals surface area contributed by atoms with E-state index in [1.807, 2.05) is 24.4 Å². The molecule has 1 aliphatic carbocycles. The van der Waals surface area contributed by atoms with E-state index in [2.05, 4.69) is 47.0 Å². The third-order valence-electron chi connectivity index (χ3n) is 6.22. The van der Waals surface area contributed by atoms with E-state index in [4.69, 9.17) is 14.8 Å². The number of ketones is 1. The molecule has 0 fully saturated rings. The number of nitrogens with zero attached hydrogens (tertiary/aromatic N) is 4. The summed E-state index contributed by atoms with van der Waals surface area (Å²) in [6.45, 7) is 5.43. The summed E-state index contributed by atoms with van der Waals surface area (Å²) in [4.78, 5) is 22.9. The molecule has 1 N–H and O–H groups in total. The summed E-state index contributed by atoms with van der Waals surface area (Å²) < 4.78 is 7.12. The molecule has 3 heterocycles. The van der Waals surface area contributed by atoms with E-state index in [1.165, 1.54) is 5.56 Å². The number of nitrogens with one attached hydrogen (secondary N) is 1. The molecule has 180 valence electrons. The summed E-state index contributed by atoms with van der Waals surface area (Å²) in [5, 5.41) is 9.24. The first-order valence-corrected chi connectivity index (χ1v) is 12.8. The Bertz CT molecular complexity index is 1360. The Kier molecular flexibility index (Phi) is 6.74. The number of fused-ring (bicyclic) bond motifs is 3. The number of aromatic nitrogens is 4. The summed E-state index contributed by atoms with van der Waals surface area (Å²) in [6.07, 6.45) is 4.33. The molecule has 0 saturated carbocycles. The van der Waals surface area contributed by atoms with Crippen LogP contribution in [0, 0.1) is 6.92 Å². The van der Waals surface area contributed by atoms with Gasteiger partial charge in [-0.2, -0.15) is 5.10 Å². The Morgan fingerprint density at radius 2 is 2.06 bits per heavy atom. The van der Waals surface area contributed by atoms with Crippen LogP contribution in [0.4, 0.5) is 5.82 Å². The number of benzene rings is 1. The van der Waals surface area contributed by atoms with Crippen LogP contribution < -0.4 is 5.32 Å². The Balaban J connectivity index is 1.61. The molecular weight excluding hydrogens is 458 g/mol. The van der Waals surface area contributed by atoms with Crippen molar-refractivity contribution >= 4 is 22.9 Å². The first-order valence-electron chi connectivity index (χ1n) is 12.0. The molecule has 3 aromatic heterocycles. The van der Waals surface area contributed by atoms with Crippen molar-refractivity contribution in [2.24, 2.45) is 0 Å². The minimum atomic E-state index is 0.151. The van der Waals surface area contributed by atoms with Crippen LogP contribution in [0.1, 0.15) is 35.2 Å². The lowest BCUT2D eigenvalue weighted by molar-refractivity contribution is -0.119. The van der Waals surface area contributed by atoms with Crippen molar-refractivity contribution in [2.75, 3.05) is 25.6 Å². The van der Waals surface area contributed by atoms with Crippen molar-refractivity contribution < 1.29 is 9.53 Å². The van der Waals surface area contributed by atoms with E-state index in [1.54, 1.807) is 18.4 Å². The Morgan fingerprint density at radius 1 is 1.20 bits per heavy atom. The van der Waals surface area contributed by atoms with Gasteiger partial charge in [-0.15, -0.1) is 11.3 Å². The van der Waals surface area contributed by atoms with E-state index in [9.17, 15) is 4.79 Å². The van der Waals surface area contributed by atoms with Gasteiger partial charge < -0.3 is 10.1 Å². The van der Waals surface area contributed by atoms with Gasteiger partial charge in [0.2, 0.25) is 0 Å². The molecule has 0 spiro atoms. The molecule has 5 rings (SSSR count). The van der Waals surface area contributed by atoms with Gasteiger partial charge in [-0.1, -0.05) is 18.2 Å². The number of thiazole rings is 1. The normalized spacial score (nSPS) is 12.3. The van der Waals surface area contributed by atoms with Crippen LogP contribution in [-0.2, 0) is 28.8 Å². The molecule has 7 nitrogen and oxygen atoms in total. The topological polar surface area (TPSA) is 81.9 Å². The number of para-hydroxylation sites is 1. The molecule has 1 aliphatic rings. The number of Topliss-reactive ketones (excluding diaryl/α,β-unsaturated/α-hetero) is 1. The van der Waals surface area contributed by atoms with Gasteiger partial charge in [-0.25, -0.2) is 14.6 Å². The summed E-state index contributed by atoms with van der Waals surface area (Å²) in [5.41, 5.74) is 7.49. The van der Waals surface area contributed by atoms with Crippen LogP contribution in [0.2, 0.25) is 0 Å². The van der Waals surface area contributed by atoms with Gasteiger partial charge in [-0.3, -0.25) is 4.79 Å². The van der Waals surface area contributed by atoms with Crippen LogP contribution in [0.5, 0.6) is 0 Å². The zero-order chi connectivity index (χ0) is 24.4. The molecule has 0 amide bonds. The zero-order valence-electron chi connectivity index (χ0n) is 20.3. The zero-order valence-corrected chi connectivity index (χ0v) is 21.1. The van der Waals surface area contributed by atoms with Crippen LogP contribution in [0.3, 0.4) is 0 Å². The third kappa shape index (κ3) is 4.63. The predicted molar refractivity (Wildman–Crippen MR) is 139 cm³/mol. The van der Waals surface area contributed by atoms with Crippen LogP contribution in [0.25, 0.3) is 27.5 Å². The van der Waals surface area contributed by atoms with Crippen molar-refractivity contribution in [3.05, 3.63) is 64.4 Å². The number of aryl methyl sites for hydroxylation is 2. The lowest BCUT2D eigenvalue weighted by Gasteiger charge is -2.15. The predicted octanol–water partition coefficient (Wildman–Crippen LogP) is 5.04. The van der Waals surface area contributed by atoms with E-state index in [-0.39, 0.29) is 5.78 Å². The second kappa shape index (κ2) is 10.1. The van der Waals surface area contributed by atoms with Crippen molar-refractivity contribution in [3.63, 3.8) is 0 Å². The van der Waals surface area contributed by atoms with Crippen molar-refractivity contribution in [2.45, 2.75) is 39.5 Å². The molecule has 35 heavy (non-hydrogen) atoms. The highest BCUT2D eigenvalue weighted by molar-refractivity contribution is 7.15. The average Bonchev–Trinajstić information content (AvgIpc) is 3.45. The SMILES string of the molecule is CCNc1ccc(-c2nn(-c3ccccc3C)c3c2CCc2nc(CC(=O)CCOC)sc2-3)cn1. The number of hydrogen-bond acceptors (Lipinski definition) is 7. The molecule has 0 unspecified atom stereocenters. The van der Waals surface area contributed by atoms with Gasteiger partial charge in [0, 0.05) is 37.4 Å². The summed E-state index contributed by atoms with van der Waals surface area (Å²) in [5.74, 6) is 1.01. The fourth-order valence-electron chi connectivity index (χ4n) is 4.49. The number of ether oxygens (including phenoxy) is 1. The molecule has 0 saturated heterocycles. The van der Waals surface area contributed by atoms with E-state index >= 15 is 0 Å². The summed E-state index contributed by atoms with van der Waals surface area (Å²) in [7, 11) is 1.62. The minimum Gasteiger partial charge on any atom is -0.384 e. The van der Waals surface area contributed by atoms with Gasteiger partial charge in [0.05, 0.1) is 40.7 Å². The van der Waals surface area contributed by atoms with Gasteiger partial charge in [0.1, 0.15) is 16.6 Å². The van der Waals surface area contributed by atoms with E-state index < -0.39 is 0 Å². The number of rotatable bonds is 9. The summed E-state index contributed by atoms with van der Waals surface area (Å²) >= 11 is 1.61. The standard InChI is InChI=1S/C27H29N5O2S/c1-4-28-23-12-9-18(16-29-23)25-20-10-11-21-27(35-24(30-21)15-19(33)13-14-34-3)26(20)32(31-25)22-8-6-5-7-17(22)2/h5-9,12,16H,4,10-11,13-15H2,1-3H3,(H,28,29). The van der Waals surface area contributed by atoms with Gasteiger partial charge in [0.15, 0.2) is 0 Å². The van der Waals surface area contributed by atoms with Crippen LogP contribution in [0.15, 0.2) is 42.6 Å². The molecule has 8 heteroatoms. The molecular formula is C27H29N5O2S. The maximum absolute atomic E-state index is 12.4. The highest BCUT2D eigenvalue weighted by Gasteiger charge is 2.30. The minimum absolute atomic E-state index is 0.151. The highest BCUT2D eigenvalue weighted by atomic mass is 32.1. The Hall–Kier alpha value is -3.36. The largest absolute Gasteiger partial charge is 0.384 e. The van der Waals surface area contributed by atoms with E-state index in [0.717, 1.165) is 69.0 Å². The summed E-state index contributed by atoms with van der Waals surface area (Å²) in [6, 6.07) is 12.4. The van der Waals surface area contributed by atoms with Crippen molar-refractivity contribution in [3.8, 4) is 27.5 Å². The second-order valence-corrected chi connectivity index (χ2v) is 9.76. The number of hydrogen-bond donors (Lipinski definition) is 1. The van der Waals surface area contributed by atoms with E-state index in [0.29, 0.717) is 19.4 Å². The number of anilines is 1. The first kappa shape index (κ1) is 23.4. The Morgan fingerprint density at radius 3 is 2.80 bits per heavy atom. The lowest BCUT2D eigenvalue weighted by Crippen LogP contribution is -2.07. The number of pyridine rings is 1. The smallest absolute Gasteiger partial charge is 0.141 e. The van der Waals surface area contributed by atoms with Gasteiger partial charge in [0.25, 0.3) is 0 Å². The second-order valence-electron chi connectivity index (χ2n) is 8.68. The van der Waals surface area contributed by atoms with Crippen LogP contribution >= 0.6 is 11.3 Å². The molecule has 0 radical (unpaired) electrons. The fourth-order valence-corrected chi connectivity index (χ4v) is 5.69. The molecule has 0 bridgehead atoms. The third-order valence-corrected chi connectivity index (χ3v) is 7.33. The van der Waals surface area contributed by atoms with Crippen molar-refractivity contribution in [1.82, 2.24) is 19.7 Å². The maximum Gasteiger partial charge on any atom is 0.141 e. The Labute approximate surface area is 209 Å².